The molecule has 1 heterocycles. The molecule has 1 fully saturated rings. The highest BCUT2D eigenvalue weighted by Crippen LogP contribution is 2.25. The molecule has 1 unspecified atom stereocenters. The topological polar surface area (TPSA) is 46.3 Å². The highest BCUT2D eigenvalue weighted by atomic mass is 35.5. The second-order valence-electron chi connectivity index (χ2n) is 4.72. The van der Waals surface area contributed by atoms with Crippen LogP contribution in [0, 0.1) is 0 Å². The standard InChI is InChI=1S/C14H19ClN2O.ClH/c15-13-6-2-1-4-11(13)10-12-5-3-9-17(12)14(18)7-8-16;/h1-2,4,6,12H,3,5,7-10,16H2;1H. The number of nitrogens with two attached hydrogens (primary N) is 1. The Bertz CT molecular complexity index is 426. The fourth-order valence-corrected chi connectivity index (χ4v) is 2.77. The van der Waals surface area contributed by atoms with Crippen LogP contribution in [0.1, 0.15) is 24.8 Å². The Morgan fingerprint density at radius 3 is 2.84 bits per heavy atom. The largest absolute Gasteiger partial charge is 0.339 e. The third kappa shape index (κ3) is 4.10. The molecular formula is C14H20Cl2N2O. The lowest BCUT2D eigenvalue weighted by Crippen LogP contribution is -2.37. The summed E-state index contributed by atoms with van der Waals surface area (Å²) in [6, 6.07) is 8.13. The number of hydrogen-bond acceptors (Lipinski definition) is 2. The van der Waals surface area contributed by atoms with Gasteiger partial charge in [-0.05, 0) is 30.9 Å². The van der Waals surface area contributed by atoms with Crippen molar-refractivity contribution in [2.24, 2.45) is 5.73 Å². The summed E-state index contributed by atoms with van der Waals surface area (Å²) in [6.45, 7) is 1.28. The van der Waals surface area contributed by atoms with Crippen LogP contribution in [0.2, 0.25) is 5.02 Å². The van der Waals surface area contributed by atoms with Crippen LogP contribution in [-0.2, 0) is 11.2 Å². The highest BCUT2D eigenvalue weighted by Gasteiger charge is 2.28. The lowest BCUT2D eigenvalue weighted by atomic mass is 10.0. The van der Waals surface area contributed by atoms with Gasteiger partial charge in [0.1, 0.15) is 0 Å². The second kappa shape index (κ2) is 7.73. The molecule has 106 valence electrons. The van der Waals surface area contributed by atoms with E-state index in [1.807, 2.05) is 29.2 Å². The summed E-state index contributed by atoms with van der Waals surface area (Å²) in [5.74, 6) is 0.173. The van der Waals surface area contributed by atoms with Crippen molar-refractivity contribution in [2.45, 2.75) is 31.7 Å². The first kappa shape index (κ1) is 16.3. The van der Waals surface area contributed by atoms with E-state index < -0.39 is 0 Å². The Balaban J connectivity index is 0.00000180. The number of benzene rings is 1. The first-order valence-corrected chi connectivity index (χ1v) is 6.83. The van der Waals surface area contributed by atoms with Crippen molar-refractivity contribution in [3.05, 3.63) is 34.9 Å². The predicted octanol–water partition coefficient (Wildman–Crippen LogP) is 2.64. The third-order valence-electron chi connectivity index (χ3n) is 3.47. The van der Waals surface area contributed by atoms with Crippen molar-refractivity contribution in [3.8, 4) is 0 Å². The summed E-state index contributed by atoms with van der Waals surface area (Å²) in [5, 5.41) is 0.788. The minimum absolute atomic E-state index is 0. The van der Waals surface area contributed by atoms with E-state index in [9.17, 15) is 4.79 Å². The Morgan fingerprint density at radius 2 is 2.16 bits per heavy atom. The molecule has 0 radical (unpaired) electrons. The maximum Gasteiger partial charge on any atom is 0.224 e. The molecule has 1 aliphatic rings. The van der Waals surface area contributed by atoms with Gasteiger partial charge in [-0.25, -0.2) is 0 Å². The van der Waals surface area contributed by atoms with Gasteiger partial charge in [0, 0.05) is 30.6 Å². The minimum Gasteiger partial charge on any atom is -0.339 e. The quantitative estimate of drug-likeness (QED) is 0.929. The van der Waals surface area contributed by atoms with Crippen molar-refractivity contribution < 1.29 is 4.79 Å². The van der Waals surface area contributed by atoms with Crippen molar-refractivity contribution in [1.82, 2.24) is 4.90 Å². The highest BCUT2D eigenvalue weighted by molar-refractivity contribution is 6.31. The Hall–Kier alpha value is -0.770. The predicted molar refractivity (Wildman–Crippen MR) is 80.8 cm³/mol. The van der Waals surface area contributed by atoms with Gasteiger partial charge in [-0.3, -0.25) is 4.79 Å². The molecule has 1 aliphatic heterocycles. The molecule has 1 saturated heterocycles. The molecule has 0 bridgehead atoms. The SMILES string of the molecule is Cl.NCCC(=O)N1CCCC1Cc1ccccc1Cl. The number of likely N-dealkylation sites (tertiary alicyclic amines) is 1. The van der Waals surface area contributed by atoms with Gasteiger partial charge in [-0.2, -0.15) is 0 Å². The first-order chi connectivity index (χ1) is 8.72. The molecule has 0 saturated carbocycles. The lowest BCUT2D eigenvalue weighted by molar-refractivity contribution is -0.131. The molecule has 1 aromatic rings. The summed E-state index contributed by atoms with van der Waals surface area (Å²) in [5.41, 5.74) is 6.57. The van der Waals surface area contributed by atoms with Gasteiger partial charge in [0.25, 0.3) is 0 Å². The lowest BCUT2D eigenvalue weighted by Gasteiger charge is -2.25. The summed E-state index contributed by atoms with van der Waals surface area (Å²) < 4.78 is 0. The minimum atomic E-state index is 0. The Labute approximate surface area is 125 Å². The fraction of sp³-hybridized carbons (Fsp3) is 0.500. The molecule has 19 heavy (non-hydrogen) atoms. The second-order valence-corrected chi connectivity index (χ2v) is 5.12. The number of rotatable bonds is 4. The molecule has 3 nitrogen and oxygen atoms in total. The third-order valence-corrected chi connectivity index (χ3v) is 3.84. The summed E-state index contributed by atoms with van der Waals surface area (Å²) in [6.07, 6.45) is 3.42. The van der Waals surface area contributed by atoms with Crippen LogP contribution in [0.3, 0.4) is 0 Å². The van der Waals surface area contributed by atoms with E-state index in [1.165, 1.54) is 0 Å². The number of nitrogens with zero attached hydrogens (tertiary/aromatic N) is 1. The fourth-order valence-electron chi connectivity index (χ4n) is 2.56. The molecular weight excluding hydrogens is 283 g/mol. The van der Waals surface area contributed by atoms with E-state index in [0.29, 0.717) is 13.0 Å². The maximum absolute atomic E-state index is 11.9. The number of halogens is 2. The van der Waals surface area contributed by atoms with E-state index in [4.69, 9.17) is 17.3 Å². The Morgan fingerprint density at radius 1 is 1.42 bits per heavy atom. The van der Waals surface area contributed by atoms with Crippen molar-refractivity contribution in [2.75, 3.05) is 13.1 Å². The average molecular weight is 303 g/mol. The van der Waals surface area contributed by atoms with Crippen LogP contribution in [0.15, 0.2) is 24.3 Å². The smallest absolute Gasteiger partial charge is 0.224 e. The first-order valence-electron chi connectivity index (χ1n) is 6.45. The van der Waals surface area contributed by atoms with Gasteiger partial charge in [-0.15, -0.1) is 12.4 Å². The Kier molecular flexibility index (Phi) is 6.63. The molecule has 2 N–H and O–H groups in total. The van der Waals surface area contributed by atoms with Gasteiger partial charge >= 0.3 is 0 Å². The molecule has 1 aromatic carbocycles. The van der Waals surface area contributed by atoms with Gasteiger partial charge < -0.3 is 10.6 Å². The number of carbonyl (C=O) groups is 1. The molecule has 1 atom stereocenters. The zero-order valence-electron chi connectivity index (χ0n) is 10.8. The molecule has 0 aromatic heterocycles. The molecule has 0 spiro atoms. The van der Waals surface area contributed by atoms with Crippen LogP contribution >= 0.6 is 24.0 Å². The maximum atomic E-state index is 11.9. The molecule has 2 rings (SSSR count). The van der Waals surface area contributed by atoms with E-state index >= 15 is 0 Å². The van der Waals surface area contributed by atoms with E-state index in [-0.39, 0.29) is 24.4 Å². The summed E-state index contributed by atoms with van der Waals surface area (Å²) >= 11 is 6.17. The number of carbonyl (C=O) groups excluding carboxylic acids is 1. The number of amides is 1. The van der Waals surface area contributed by atoms with Gasteiger partial charge in [0.2, 0.25) is 5.91 Å². The zero-order valence-corrected chi connectivity index (χ0v) is 12.4. The summed E-state index contributed by atoms with van der Waals surface area (Å²) in [4.78, 5) is 13.9. The van der Waals surface area contributed by atoms with Crippen LogP contribution in [0.5, 0.6) is 0 Å². The normalized spacial score (nSPS) is 18.2. The van der Waals surface area contributed by atoms with E-state index in [0.717, 1.165) is 36.4 Å². The van der Waals surface area contributed by atoms with Crippen LogP contribution < -0.4 is 5.73 Å². The molecule has 1 amide bonds. The van der Waals surface area contributed by atoms with Gasteiger partial charge in [0.15, 0.2) is 0 Å². The van der Waals surface area contributed by atoms with Crippen LogP contribution in [0.4, 0.5) is 0 Å². The van der Waals surface area contributed by atoms with Crippen molar-refractivity contribution in [1.29, 1.82) is 0 Å². The zero-order chi connectivity index (χ0) is 13.0. The molecule has 0 aliphatic carbocycles. The van der Waals surface area contributed by atoms with E-state index in [1.54, 1.807) is 0 Å². The molecule has 5 heteroatoms. The monoisotopic (exact) mass is 302 g/mol. The van der Waals surface area contributed by atoms with Crippen molar-refractivity contribution >= 4 is 29.9 Å². The van der Waals surface area contributed by atoms with Gasteiger partial charge in [-0.1, -0.05) is 29.8 Å². The van der Waals surface area contributed by atoms with Crippen LogP contribution in [0.25, 0.3) is 0 Å². The average Bonchev–Trinajstić information content (AvgIpc) is 2.81. The van der Waals surface area contributed by atoms with Gasteiger partial charge in [0.05, 0.1) is 0 Å². The van der Waals surface area contributed by atoms with Crippen LogP contribution in [-0.4, -0.2) is 29.9 Å². The number of hydrogen-bond donors (Lipinski definition) is 1. The summed E-state index contributed by atoms with van der Waals surface area (Å²) in [7, 11) is 0. The van der Waals surface area contributed by atoms with Crippen molar-refractivity contribution in [3.63, 3.8) is 0 Å². The van der Waals surface area contributed by atoms with E-state index in [2.05, 4.69) is 0 Å².